The molecular formula is C20H34B4N6. The van der Waals surface area contributed by atoms with Gasteiger partial charge >= 0.3 is 27.5 Å². The molecule has 1 aliphatic rings. The Balaban J connectivity index is 2.27. The first-order valence-electron chi connectivity index (χ1n) is 10.6. The van der Waals surface area contributed by atoms with Crippen LogP contribution >= 0.6 is 0 Å². The van der Waals surface area contributed by atoms with Gasteiger partial charge in [0.25, 0.3) is 0 Å². The molecule has 2 aromatic rings. The average Bonchev–Trinajstić information content (AvgIpc) is 2.72. The molecule has 0 N–H and O–H groups in total. The Morgan fingerprint density at radius 2 is 0.667 bits per heavy atom. The summed E-state index contributed by atoms with van der Waals surface area (Å²) in [6.07, 6.45) is 0. The van der Waals surface area contributed by atoms with Crippen molar-refractivity contribution in [3.05, 3.63) is 60.7 Å². The maximum atomic E-state index is 2.58. The van der Waals surface area contributed by atoms with Crippen LogP contribution in [0.15, 0.2) is 60.7 Å². The van der Waals surface area contributed by atoms with Crippen LogP contribution in [0, 0.1) is 0 Å². The summed E-state index contributed by atoms with van der Waals surface area (Å²) < 4.78 is 5.16. The van der Waals surface area contributed by atoms with E-state index in [0.717, 1.165) is 0 Å². The van der Waals surface area contributed by atoms with Crippen molar-refractivity contribution in [2.45, 2.75) is 0 Å². The van der Waals surface area contributed by atoms with E-state index in [2.05, 4.69) is 146 Å². The van der Waals surface area contributed by atoms with Crippen molar-refractivity contribution < 1.29 is 0 Å². The van der Waals surface area contributed by atoms with Crippen LogP contribution in [0.25, 0.3) is 0 Å². The highest BCUT2D eigenvalue weighted by molar-refractivity contribution is 7.42. The fraction of sp³-hybridized carbons (Fsp3) is 0.400. The minimum Gasteiger partial charge on any atom is -0.440 e. The number of nitrogens with zero attached hydrogens (tertiary/aromatic N) is 6. The van der Waals surface area contributed by atoms with Crippen molar-refractivity contribution in [1.82, 2.24) is 19.2 Å². The lowest BCUT2D eigenvalue weighted by Gasteiger charge is -2.57. The van der Waals surface area contributed by atoms with Crippen LogP contribution in [-0.2, 0) is 0 Å². The summed E-state index contributed by atoms with van der Waals surface area (Å²) in [5, 5.41) is 0. The SMILES string of the molecule is CN(C)B1B(N(C)C)N(c2ccccc2)B(N(C)C)B(N(C)C)N1c1ccccc1. The highest BCUT2D eigenvalue weighted by atomic mass is 15.3. The number of rotatable bonds is 6. The first-order chi connectivity index (χ1) is 14.3. The second kappa shape index (κ2) is 9.52. The molecule has 0 amide bonds. The van der Waals surface area contributed by atoms with Gasteiger partial charge in [-0.15, -0.1) is 0 Å². The van der Waals surface area contributed by atoms with Crippen LogP contribution in [0.1, 0.15) is 0 Å². The number of benzene rings is 2. The molecule has 2 aromatic carbocycles. The first-order valence-corrected chi connectivity index (χ1v) is 10.6. The Hall–Kier alpha value is -1.86. The molecule has 30 heavy (non-hydrogen) atoms. The summed E-state index contributed by atoms with van der Waals surface area (Å²) in [6.45, 7) is 0.579. The number of para-hydroxylation sites is 2. The molecule has 10 heteroatoms. The lowest BCUT2D eigenvalue weighted by Crippen LogP contribution is -2.88. The van der Waals surface area contributed by atoms with Gasteiger partial charge in [-0.1, -0.05) is 36.4 Å². The highest BCUT2D eigenvalue weighted by Gasteiger charge is 2.60. The third kappa shape index (κ3) is 4.28. The Bertz CT molecular complexity index is 697. The van der Waals surface area contributed by atoms with E-state index >= 15 is 0 Å². The quantitative estimate of drug-likeness (QED) is 0.676. The van der Waals surface area contributed by atoms with Crippen molar-refractivity contribution >= 4 is 38.9 Å². The molecule has 0 atom stereocenters. The van der Waals surface area contributed by atoms with Crippen molar-refractivity contribution in [2.24, 2.45) is 0 Å². The van der Waals surface area contributed by atoms with Crippen molar-refractivity contribution in [1.29, 1.82) is 0 Å². The zero-order valence-electron chi connectivity index (χ0n) is 19.8. The molecule has 6 nitrogen and oxygen atoms in total. The Kier molecular flexibility index (Phi) is 7.24. The number of hydrogen-bond acceptors (Lipinski definition) is 6. The van der Waals surface area contributed by atoms with Crippen LogP contribution in [0.3, 0.4) is 0 Å². The molecule has 3 rings (SSSR count). The van der Waals surface area contributed by atoms with Gasteiger partial charge in [0.15, 0.2) is 0 Å². The van der Waals surface area contributed by atoms with Gasteiger partial charge in [-0.25, -0.2) is 0 Å². The second-order valence-electron chi connectivity index (χ2n) is 8.99. The van der Waals surface area contributed by atoms with Gasteiger partial charge in [-0.3, -0.25) is 0 Å². The van der Waals surface area contributed by atoms with Crippen LogP contribution in [0.5, 0.6) is 0 Å². The predicted molar refractivity (Wildman–Crippen MR) is 136 cm³/mol. The summed E-state index contributed by atoms with van der Waals surface area (Å²) >= 11 is 0. The van der Waals surface area contributed by atoms with Gasteiger partial charge in [0, 0.05) is 11.4 Å². The predicted octanol–water partition coefficient (Wildman–Crippen LogP) is 1.37. The Morgan fingerprint density at radius 3 is 0.867 bits per heavy atom. The van der Waals surface area contributed by atoms with Gasteiger partial charge in [-0.05, 0) is 80.6 Å². The normalized spacial score (nSPS) is 15.5. The molecule has 1 heterocycles. The van der Waals surface area contributed by atoms with E-state index in [4.69, 9.17) is 0 Å². The summed E-state index contributed by atoms with van der Waals surface area (Å²) in [6, 6.07) is 21.6. The van der Waals surface area contributed by atoms with Crippen LogP contribution in [0.4, 0.5) is 11.4 Å². The second-order valence-corrected chi connectivity index (χ2v) is 8.99. The molecule has 0 spiro atoms. The molecular weight excluding hydrogens is 368 g/mol. The third-order valence-corrected chi connectivity index (χ3v) is 5.90. The lowest BCUT2D eigenvalue weighted by molar-refractivity contribution is 0.592. The van der Waals surface area contributed by atoms with E-state index in [1.807, 2.05) is 0 Å². The molecule has 1 fully saturated rings. The van der Waals surface area contributed by atoms with Crippen LogP contribution in [0.2, 0.25) is 0 Å². The van der Waals surface area contributed by atoms with Gasteiger partial charge in [-0.2, -0.15) is 0 Å². The van der Waals surface area contributed by atoms with E-state index in [1.165, 1.54) is 11.4 Å². The van der Waals surface area contributed by atoms with E-state index in [1.54, 1.807) is 0 Å². The summed E-state index contributed by atoms with van der Waals surface area (Å²) in [4.78, 5) is 9.37. The lowest BCUT2D eigenvalue weighted by atomic mass is 9.13. The van der Waals surface area contributed by atoms with E-state index in [0.29, 0.717) is 0 Å². The van der Waals surface area contributed by atoms with Crippen LogP contribution < -0.4 is 9.44 Å². The van der Waals surface area contributed by atoms with Gasteiger partial charge in [0.05, 0.1) is 0 Å². The molecule has 0 unspecified atom stereocenters. The largest absolute Gasteiger partial charge is 0.440 e. The average molecular weight is 402 g/mol. The topological polar surface area (TPSA) is 19.4 Å². The zero-order valence-corrected chi connectivity index (χ0v) is 19.8. The van der Waals surface area contributed by atoms with Crippen LogP contribution in [-0.4, -0.2) is 103 Å². The summed E-state index contributed by atoms with van der Waals surface area (Å²) in [7, 11) is 17.5. The first kappa shape index (κ1) is 22.8. The molecule has 0 aliphatic carbocycles. The fourth-order valence-electron chi connectivity index (χ4n) is 4.76. The van der Waals surface area contributed by atoms with E-state index in [-0.39, 0.29) is 27.5 Å². The summed E-state index contributed by atoms with van der Waals surface area (Å²) in [5.74, 6) is 0. The van der Waals surface area contributed by atoms with Gasteiger partial charge in [0.1, 0.15) is 0 Å². The highest BCUT2D eigenvalue weighted by Crippen LogP contribution is 2.31. The van der Waals surface area contributed by atoms with Gasteiger partial charge in [0.2, 0.25) is 0 Å². The molecule has 0 bridgehead atoms. The molecule has 1 aliphatic heterocycles. The smallest absolute Gasteiger partial charge is 0.338 e. The minimum absolute atomic E-state index is 0.145. The maximum absolute atomic E-state index is 2.58. The third-order valence-electron chi connectivity index (χ3n) is 5.90. The van der Waals surface area contributed by atoms with Crippen molar-refractivity contribution in [2.75, 3.05) is 65.8 Å². The molecule has 0 radical (unpaired) electrons. The monoisotopic (exact) mass is 402 g/mol. The van der Waals surface area contributed by atoms with Gasteiger partial charge < -0.3 is 28.7 Å². The zero-order chi connectivity index (χ0) is 22.0. The minimum atomic E-state index is 0.145. The van der Waals surface area contributed by atoms with Crippen molar-refractivity contribution in [3.8, 4) is 0 Å². The molecule has 0 saturated carbocycles. The standard InChI is InChI=1S/C20H34B4N6/c1-25(2)21-22(26(3)4)30(20-17-13-10-14-18-20)24(28(7)8)23(27(5)6)29(21)19-15-11-9-12-16-19/h9-18H,1-8H3. The molecule has 1 saturated heterocycles. The maximum Gasteiger partial charge on any atom is 0.338 e. The Morgan fingerprint density at radius 1 is 0.433 bits per heavy atom. The fourth-order valence-corrected chi connectivity index (χ4v) is 4.76. The van der Waals surface area contributed by atoms with Crippen molar-refractivity contribution in [3.63, 3.8) is 0 Å². The van der Waals surface area contributed by atoms with E-state index < -0.39 is 0 Å². The molecule has 0 aromatic heterocycles. The molecule has 156 valence electrons. The number of anilines is 2. The van der Waals surface area contributed by atoms with E-state index in [9.17, 15) is 0 Å². The Labute approximate surface area is 184 Å². The number of hydrogen-bond donors (Lipinski definition) is 0. The summed E-state index contributed by atoms with van der Waals surface area (Å²) in [5.41, 5.74) is 2.47.